The van der Waals surface area contributed by atoms with Gasteiger partial charge in [0.05, 0.1) is 13.0 Å². The Labute approximate surface area is 105 Å². The first-order valence-corrected chi connectivity index (χ1v) is 5.67. The number of carbonyl (C=O) groups is 2. The number of ether oxygens (including phenoxy) is 1. The number of hydrogen-bond acceptors (Lipinski definition) is 3. The van der Waals surface area contributed by atoms with Gasteiger partial charge in [0, 0.05) is 5.56 Å². The zero-order chi connectivity index (χ0) is 13.5. The van der Waals surface area contributed by atoms with E-state index in [1.54, 1.807) is 19.1 Å². The molecule has 0 atom stereocenters. The zero-order valence-electron chi connectivity index (χ0n) is 10.4. The van der Waals surface area contributed by atoms with Crippen molar-refractivity contribution in [1.29, 1.82) is 0 Å². The maximum Gasteiger partial charge on any atom is 0.309 e. The third-order valence-electron chi connectivity index (χ3n) is 2.28. The lowest BCUT2D eigenvalue weighted by Crippen LogP contribution is -2.01. The van der Waals surface area contributed by atoms with Gasteiger partial charge in [0.15, 0.2) is 5.78 Å². The molecule has 0 aliphatic heterocycles. The Kier molecular flexibility index (Phi) is 5.24. The lowest BCUT2D eigenvalue weighted by atomic mass is 10.0. The van der Waals surface area contributed by atoms with E-state index in [0.717, 1.165) is 0 Å². The molecule has 0 amide bonds. The van der Waals surface area contributed by atoms with Crippen LogP contribution in [-0.4, -0.2) is 18.4 Å². The SMILES string of the molecule is CCOC(=O)CC=Cc1ccc(F)cc1C(C)=O. The number of Topliss-reactive ketones (excluding diaryl/α,β-unsaturated/α-hetero) is 1. The zero-order valence-corrected chi connectivity index (χ0v) is 10.4. The highest BCUT2D eigenvalue weighted by atomic mass is 19.1. The summed E-state index contributed by atoms with van der Waals surface area (Å²) in [5, 5.41) is 0. The van der Waals surface area contributed by atoms with Crippen molar-refractivity contribution in [2.75, 3.05) is 6.61 Å². The summed E-state index contributed by atoms with van der Waals surface area (Å²) in [4.78, 5) is 22.4. The highest BCUT2D eigenvalue weighted by Gasteiger charge is 2.06. The summed E-state index contributed by atoms with van der Waals surface area (Å²) in [6, 6.07) is 3.97. The second kappa shape index (κ2) is 6.69. The van der Waals surface area contributed by atoms with Gasteiger partial charge >= 0.3 is 5.97 Å². The first-order valence-electron chi connectivity index (χ1n) is 5.67. The fourth-order valence-corrected chi connectivity index (χ4v) is 1.48. The van der Waals surface area contributed by atoms with Crippen molar-refractivity contribution in [3.8, 4) is 0 Å². The van der Waals surface area contributed by atoms with E-state index in [2.05, 4.69) is 0 Å². The predicted molar refractivity (Wildman–Crippen MR) is 66.7 cm³/mol. The quantitative estimate of drug-likeness (QED) is 0.596. The lowest BCUT2D eigenvalue weighted by molar-refractivity contribution is -0.142. The molecule has 0 aliphatic rings. The Morgan fingerprint density at radius 2 is 2.11 bits per heavy atom. The maximum absolute atomic E-state index is 13.0. The Balaban J connectivity index is 2.81. The van der Waals surface area contributed by atoms with Gasteiger partial charge in [-0.25, -0.2) is 4.39 Å². The van der Waals surface area contributed by atoms with E-state index in [0.29, 0.717) is 17.7 Å². The van der Waals surface area contributed by atoms with Gasteiger partial charge in [-0.1, -0.05) is 18.2 Å². The Hall–Kier alpha value is -1.97. The van der Waals surface area contributed by atoms with Crippen molar-refractivity contribution in [2.45, 2.75) is 20.3 Å². The molecule has 0 aliphatic carbocycles. The highest BCUT2D eigenvalue weighted by molar-refractivity contribution is 5.97. The van der Waals surface area contributed by atoms with Gasteiger partial charge in [-0.15, -0.1) is 0 Å². The molecule has 0 aromatic heterocycles. The molecule has 0 unspecified atom stereocenters. The van der Waals surface area contributed by atoms with Crippen molar-refractivity contribution in [3.05, 3.63) is 41.2 Å². The van der Waals surface area contributed by atoms with Crippen molar-refractivity contribution in [1.82, 2.24) is 0 Å². The molecule has 0 saturated carbocycles. The van der Waals surface area contributed by atoms with E-state index in [1.807, 2.05) is 0 Å². The van der Waals surface area contributed by atoms with E-state index < -0.39 is 5.82 Å². The monoisotopic (exact) mass is 250 g/mol. The van der Waals surface area contributed by atoms with Crippen molar-refractivity contribution < 1.29 is 18.7 Å². The van der Waals surface area contributed by atoms with E-state index in [-0.39, 0.29) is 18.2 Å². The Morgan fingerprint density at radius 3 is 2.72 bits per heavy atom. The van der Waals surface area contributed by atoms with Crippen LogP contribution in [0.4, 0.5) is 4.39 Å². The number of hydrogen-bond donors (Lipinski definition) is 0. The van der Waals surface area contributed by atoms with Gasteiger partial charge in [0.1, 0.15) is 5.82 Å². The summed E-state index contributed by atoms with van der Waals surface area (Å²) < 4.78 is 17.8. The van der Waals surface area contributed by atoms with E-state index in [1.165, 1.54) is 25.1 Å². The van der Waals surface area contributed by atoms with Crippen LogP contribution in [0.25, 0.3) is 6.08 Å². The average molecular weight is 250 g/mol. The van der Waals surface area contributed by atoms with Crippen LogP contribution in [0.5, 0.6) is 0 Å². The van der Waals surface area contributed by atoms with Gasteiger partial charge in [-0.3, -0.25) is 9.59 Å². The normalized spacial score (nSPS) is 10.6. The minimum atomic E-state index is -0.456. The molecule has 96 valence electrons. The van der Waals surface area contributed by atoms with Crippen LogP contribution in [0.3, 0.4) is 0 Å². The van der Waals surface area contributed by atoms with Crippen LogP contribution in [0, 0.1) is 5.82 Å². The van der Waals surface area contributed by atoms with Crippen molar-refractivity contribution in [3.63, 3.8) is 0 Å². The third kappa shape index (κ3) is 4.13. The van der Waals surface area contributed by atoms with Gasteiger partial charge in [0.25, 0.3) is 0 Å². The molecule has 4 heteroatoms. The molecule has 0 N–H and O–H groups in total. The smallest absolute Gasteiger partial charge is 0.309 e. The lowest BCUT2D eigenvalue weighted by Gasteiger charge is -2.02. The Morgan fingerprint density at radius 1 is 1.39 bits per heavy atom. The fraction of sp³-hybridized carbons (Fsp3) is 0.286. The summed E-state index contributed by atoms with van der Waals surface area (Å²) >= 11 is 0. The number of esters is 1. The van der Waals surface area contributed by atoms with Gasteiger partial charge in [-0.2, -0.15) is 0 Å². The maximum atomic E-state index is 13.0. The van der Waals surface area contributed by atoms with E-state index >= 15 is 0 Å². The molecule has 1 aromatic rings. The molecule has 0 saturated heterocycles. The van der Waals surface area contributed by atoms with Crippen molar-refractivity contribution in [2.24, 2.45) is 0 Å². The van der Waals surface area contributed by atoms with Crippen LogP contribution in [0.15, 0.2) is 24.3 Å². The van der Waals surface area contributed by atoms with Crippen LogP contribution in [-0.2, 0) is 9.53 Å². The summed E-state index contributed by atoms with van der Waals surface area (Å²) in [7, 11) is 0. The molecule has 0 fully saturated rings. The topological polar surface area (TPSA) is 43.4 Å². The molecule has 0 heterocycles. The summed E-state index contributed by atoms with van der Waals surface area (Å²) in [6.45, 7) is 3.44. The van der Waals surface area contributed by atoms with Crippen LogP contribution >= 0.6 is 0 Å². The van der Waals surface area contributed by atoms with E-state index in [4.69, 9.17) is 4.74 Å². The molecule has 3 nitrogen and oxygen atoms in total. The van der Waals surface area contributed by atoms with Gasteiger partial charge in [-0.05, 0) is 31.5 Å². The summed E-state index contributed by atoms with van der Waals surface area (Å²) in [5.41, 5.74) is 0.892. The number of halogens is 1. The first kappa shape index (κ1) is 14.1. The molecule has 18 heavy (non-hydrogen) atoms. The predicted octanol–water partition coefficient (Wildman–Crippen LogP) is 2.99. The molecular weight excluding hydrogens is 235 g/mol. The average Bonchev–Trinajstić information content (AvgIpc) is 2.31. The summed E-state index contributed by atoms with van der Waals surface area (Å²) in [6.07, 6.45) is 3.34. The van der Waals surface area contributed by atoms with Gasteiger partial charge < -0.3 is 4.74 Å². The van der Waals surface area contributed by atoms with Crippen molar-refractivity contribution >= 4 is 17.8 Å². The number of benzene rings is 1. The van der Waals surface area contributed by atoms with Crippen LogP contribution < -0.4 is 0 Å². The largest absolute Gasteiger partial charge is 0.466 e. The molecule has 0 spiro atoms. The first-order chi connectivity index (χ1) is 8.54. The molecule has 1 aromatic carbocycles. The molecule has 0 radical (unpaired) electrons. The minimum Gasteiger partial charge on any atom is -0.466 e. The van der Waals surface area contributed by atoms with Gasteiger partial charge in [0.2, 0.25) is 0 Å². The molecular formula is C14H15FO3. The fourth-order valence-electron chi connectivity index (χ4n) is 1.48. The number of ketones is 1. The number of rotatable bonds is 5. The minimum absolute atomic E-state index is 0.128. The second-order valence-electron chi connectivity index (χ2n) is 3.70. The standard InChI is InChI=1S/C14H15FO3/c1-3-18-14(17)6-4-5-11-7-8-12(15)9-13(11)10(2)16/h4-5,7-9H,3,6H2,1-2H3. The highest BCUT2D eigenvalue weighted by Crippen LogP contribution is 2.14. The summed E-state index contributed by atoms with van der Waals surface area (Å²) in [5.74, 6) is -1.01. The second-order valence-corrected chi connectivity index (χ2v) is 3.70. The third-order valence-corrected chi connectivity index (χ3v) is 2.28. The Bertz CT molecular complexity index is 478. The van der Waals surface area contributed by atoms with Crippen LogP contribution in [0.1, 0.15) is 36.2 Å². The van der Waals surface area contributed by atoms with Crippen LogP contribution in [0.2, 0.25) is 0 Å². The molecule has 0 bridgehead atoms. The number of carbonyl (C=O) groups excluding carboxylic acids is 2. The molecule has 1 rings (SSSR count). The van der Waals surface area contributed by atoms with E-state index in [9.17, 15) is 14.0 Å².